The van der Waals surface area contributed by atoms with Crippen molar-refractivity contribution in [1.82, 2.24) is 10.2 Å². The van der Waals surface area contributed by atoms with Crippen molar-refractivity contribution in [3.63, 3.8) is 0 Å². The predicted molar refractivity (Wildman–Crippen MR) is 144 cm³/mol. The Morgan fingerprint density at radius 2 is 1.78 bits per heavy atom. The maximum Gasteiger partial charge on any atom is 0.271 e. The third kappa shape index (κ3) is 8.05. The number of benzene rings is 2. The molecule has 0 saturated heterocycles. The van der Waals surface area contributed by atoms with Gasteiger partial charge in [-0.15, -0.1) is 0 Å². The van der Waals surface area contributed by atoms with Gasteiger partial charge >= 0.3 is 0 Å². The Labute approximate surface area is 226 Å². The zero-order valence-corrected chi connectivity index (χ0v) is 23.4. The molecule has 1 N–H and O–H groups in total. The number of non-ortho nitro benzene ring substituents is 1. The Bertz CT molecular complexity index is 1250. The number of hydrogen-bond donors (Lipinski definition) is 1. The smallest absolute Gasteiger partial charge is 0.271 e. The number of nitro groups is 1. The van der Waals surface area contributed by atoms with E-state index < -0.39 is 39.3 Å². The second kappa shape index (κ2) is 13.1. The van der Waals surface area contributed by atoms with E-state index in [0.717, 1.165) is 29.5 Å². The van der Waals surface area contributed by atoms with Crippen molar-refractivity contribution in [2.75, 3.05) is 23.7 Å². The molecule has 0 bridgehead atoms. The highest BCUT2D eigenvalue weighted by molar-refractivity contribution is 7.92. The fourth-order valence-corrected chi connectivity index (χ4v) is 4.96. The van der Waals surface area contributed by atoms with Crippen LogP contribution >= 0.6 is 23.2 Å². The van der Waals surface area contributed by atoms with Crippen molar-refractivity contribution in [3.05, 3.63) is 67.7 Å². The highest BCUT2D eigenvalue weighted by Gasteiger charge is 2.31. The first kappa shape index (κ1) is 30.3. The van der Waals surface area contributed by atoms with Crippen LogP contribution in [0.3, 0.4) is 0 Å². The number of sulfonamides is 1. The number of unbranched alkanes of at least 4 members (excludes halogenated alkanes) is 1. The van der Waals surface area contributed by atoms with E-state index in [1.54, 1.807) is 25.1 Å². The summed E-state index contributed by atoms with van der Waals surface area (Å²) in [5.41, 5.74) is 0.464. The van der Waals surface area contributed by atoms with E-state index in [9.17, 15) is 28.1 Å². The molecule has 37 heavy (non-hydrogen) atoms. The van der Waals surface area contributed by atoms with Gasteiger partial charge in [0.15, 0.2) is 0 Å². The molecular weight excluding hydrogens is 543 g/mol. The van der Waals surface area contributed by atoms with Gasteiger partial charge in [0.2, 0.25) is 21.8 Å². The number of nitrogens with zero attached hydrogens (tertiary/aromatic N) is 3. The molecule has 0 aliphatic carbocycles. The summed E-state index contributed by atoms with van der Waals surface area (Å²) in [4.78, 5) is 38.3. The summed E-state index contributed by atoms with van der Waals surface area (Å²) >= 11 is 12.6. The summed E-state index contributed by atoms with van der Waals surface area (Å²) < 4.78 is 26.3. The van der Waals surface area contributed by atoms with E-state index in [1.165, 1.54) is 24.0 Å². The molecule has 0 aromatic heterocycles. The fraction of sp³-hybridized carbons (Fsp3) is 0.417. The van der Waals surface area contributed by atoms with Crippen LogP contribution in [0.1, 0.15) is 37.8 Å². The molecular formula is C24H30Cl2N4O6S. The predicted octanol–water partition coefficient (Wildman–Crippen LogP) is 4.31. The molecule has 0 radical (unpaired) electrons. The summed E-state index contributed by atoms with van der Waals surface area (Å²) in [5.74, 6) is -1.15. The van der Waals surface area contributed by atoms with Crippen molar-refractivity contribution in [2.24, 2.45) is 0 Å². The molecule has 0 aliphatic heterocycles. The first-order valence-corrected chi connectivity index (χ1v) is 14.1. The van der Waals surface area contributed by atoms with Gasteiger partial charge in [-0.05, 0) is 38.0 Å². The van der Waals surface area contributed by atoms with E-state index in [1.807, 2.05) is 6.92 Å². The lowest BCUT2D eigenvalue weighted by Gasteiger charge is -2.32. The van der Waals surface area contributed by atoms with E-state index in [-0.39, 0.29) is 28.0 Å². The lowest BCUT2D eigenvalue weighted by molar-refractivity contribution is -0.384. The van der Waals surface area contributed by atoms with Crippen LogP contribution in [0.15, 0.2) is 36.4 Å². The van der Waals surface area contributed by atoms with Crippen LogP contribution in [0.5, 0.6) is 0 Å². The zero-order chi connectivity index (χ0) is 27.9. The van der Waals surface area contributed by atoms with Gasteiger partial charge in [-0.25, -0.2) is 8.42 Å². The van der Waals surface area contributed by atoms with Crippen molar-refractivity contribution >= 4 is 56.4 Å². The number of halogens is 2. The standard InChI is InChI=1S/C24H30Cl2N4O6S/c1-5-6-12-27-24(32)17(3)28(14-19-20(25)8-7-9-21(19)26)23(31)15-29(37(4,35)36)22-13-18(30(33)34)11-10-16(22)2/h7-11,13,17H,5-6,12,14-15H2,1-4H3,(H,27,32)/t17-/m1/s1. The third-order valence-electron chi connectivity index (χ3n) is 5.74. The third-order valence-corrected chi connectivity index (χ3v) is 7.57. The maximum absolute atomic E-state index is 13.6. The molecule has 2 aromatic rings. The van der Waals surface area contributed by atoms with Gasteiger partial charge < -0.3 is 10.2 Å². The molecule has 10 nitrogen and oxygen atoms in total. The van der Waals surface area contributed by atoms with Gasteiger partial charge in [0.25, 0.3) is 5.69 Å². The summed E-state index contributed by atoms with van der Waals surface area (Å²) in [6.07, 6.45) is 2.50. The van der Waals surface area contributed by atoms with Crippen LogP contribution in [0.4, 0.5) is 11.4 Å². The lowest BCUT2D eigenvalue weighted by Crippen LogP contribution is -2.51. The Morgan fingerprint density at radius 1 is 1.16 bits per heavy atom. The summed E-state index contributed by atoms with van der Waals surface area (Å²) in [7, 11) is -4.05. The second-order valence-electron chi connectivity index (χ2n) is 8.54. The van der Waals surface area contributed by atoms with Gasteiger partial charge in [0, 0.05) is 40.8 Å². The fourth-order valence-electron chi connectivity index (χ4n) is 3.55. The minimum absolute atomic E-state index is 0.0131. The molecule has 0 heterocycles. The van der Waals surface area contributed by atoms with E-state index in [2.05, 4.69) is 5.32 Å². The molecule has 0 unspecified atom stereocenters. The second-order valence-corrected chi connectivity index (χ2v) is 11.3. The van der Waals surface area contributed by atoms with Gasteiger partial charge in [0.1, 0.15) is 12.6 Å². The molecule has 2 amide bonds. The van der Waals surface area contributed by atoms with Crippen molar-refractivity contribution in [3.8, 4) is 0 Å². The number of carbonyl (C=O) groups excluding carboxylic acids is 2. The van der Waals surface area contributed by atoms with E-state index >= 15 is 0 Å². The monoisotopic (exact) mass is 572 g/mol. The molecule has 0 spiro atoms. The van der Waals surface area contributed by atoms with Gasteiger partial charge in [-0.1, -0.05) is 48.7 Å². The Kier molecular flexibility index (Phi) is 10.7. The van der Waals surface area contributed by atoms with Crippen LogP contribution in [0.25, 0.3) is 0 Å². The number of nitrogens with one attached hydrogen (secondary N) is 1. The minimum Gasteiger partial charge on any atom is -0.354 e. The molecule has 2 rings (SSSR count). The minimum atomic E-state index is -4.05. The van der Waals surface area contributed by atoms with Crippen LogP contribution in [0, 0.1) is 17.0 Å². The quantitative estimate of drug-likeness (QED) is 0.229. The van der Waals surface area contributed by atoms with Crippen molar-refractivity contribution < 1.29 is 22.9 Å². The molecule has 0 aliphatic rings. The normalized spacial score (nSPS) is 12.1. The summed E-state index contributed by atoms with van der Waals surface area (Å²) in [5, 5.41) is 14.6. The molecule has 0 fully saturated rings. The maximum atomic E-state index is 13.6. The van der Waals surface area contributed by atoms with E-state index in [0.29, 0.717) is 17.7 Å². The number of carbonyl (C=O) groups is 2. The van der Waals surface area contributed by atoms with Gasteiger partial charge in [-0.3, -0.25) is 24.0 Å². The number of amides is 2. The Morgan fingerprint density at radius 3 is 2.32 bits per heavy atom. The van der Waals surface area contributed by atoms with Crippen LogP contribution in [-0.2, 0) is 26.2 Å². The molecule has 2 aromatic carbocycles. The van der Waals surface area contributed by atoms with Gasteiger partial charge in [-0.2, -0.15) is 0 Å². The first-order chi connectivity index (χ1) is 17.3. The van der Waals surface area contributed by atoms with Crippen LogP contribution in [-0.4, -0.2) is 55.4 Å². The number of hydrogen-bond acceptors (Lipinski definition) is 6. The van der Waals surface area contributed by atoms with Crippen molar-refractivity contribution in [1.29, 1.82) is 0 Å². The Balaban J connectivity index is 2.50. The summed E-state index contributed by atoms with van der Waals surface area (Å²) in [6, 6.07) is 7.57. The number of anilines is 1. The molecule has 13 heteroatoms. The van der Waals surface area contributed by atoms with Crippen molar-refractivity contribution in [2.45, 2.75) is 46.2 Å². The average molecular weight is 573 g/mol. The highest BCUT2D eigenvalue weighted by atomic mass is 35.5. The number of aryl methyl sites for hydroxylation is 1. The zero-order valence-electron chi connectivity index (χ0n) is 21.0. The highest BCUT2D eigenvalue weighted by Crippen LogP contribution is 2.29. The molecule has 202 valence electrons. The molecule has 1 atom stereocenters. The SMILES string of the molecule is CCCCNC(=O)[C@@H](C)N(Cc1c(Cl)cccc1Cl)C(=O)CN(c1cc([N+](=O)[O-])ccc1C)S(C)(=O)=O. The van der Waals surface area contributed by atoms with E-state index in [4.69, 9.17) is 23.2 Å². The number of nitro benzene ring substituents is 1. The Hall–Kier alpha value is -2.89. The first-order valence-electron chi connectivity index (χ1n) is 11.5. The largest absolute Gasteiger partial charge is 0.354 e. The topological polar surface area (TPSA) is 130 Å². The van der Waals surface area contributed by atoms with Crippen LogP contribution in [0.2, 0.25) is 10.0 Å². The average Bonchev–Trinajstić information content (AvgIpc) is 2.81. The number of rotatable bonds is 12. The lowest BCUT2D eigenvalue weighted by atomic mass is 10.1. The van der Waals surface area contributed by atoms with Crippen LogP contribution < -0.4 is 9.62 Å². The summed E-state index contributed by atoms with van der Waals surface area (Å²) in [6.45, 7) is 4.62. The van der Waals surface area contributed by atoms with Gasteiger partial charge in [0.05, 0.1) is 16.9 Å². The molecule has 0 saturated carbocycles.